The third-order valence-corrected chi connectivity index (χ3v) is 5.29. The lowest BCUT2D eigenvalue weighted by atomic mass is 10.0. The summed E-state index contributed by atoms with van der Waals surface area (Å²) in [6, 6.07) is 7.28. The van der Waals surface area contributed by atoms with E-state index in [1.54, 1.807) is 12.1 Å². The van der Waals surface area contributed by atoms with Crippen molar-refractivity contribution in [2.75, 3.05) is 5.75 Å². The van der Waals surface area contributed by atoms with Crippen LogP contribution in [-0.2, 0) is 4.79 Å². The van der Waals surface area contributed by atoms with Gasteiger partial charge in [-0.05, 0) is 24.6 Å². The Morgan fingerprint density at radius 3 is 2.74 bits per heavy atom. The van der Waals surface area contributed by atoms with Crippen LogP contribution in [0.2, 0.25) is 5.02 Å². The van der Waals surface area contributed by atoms with Gasteiger partial charge in [-0.3, -0.25) is 9.59 Å². The van der Waals surface area contributed by atoms with Crippen molar-refractivity contribution < 1.29 is 9.90 Å². The third-order valence-electron chi connectivity index (χ3n) is 3.18. The molecule has 3 aromatic rings. The van der Waals surface area contributed by atoms with Crippen LogP contribution in [0.15, 0.2) is 34.2 Å². The van der Waals surface area contributed by atoms with Crippen LogP contribution in [0.25, 0.3) is 21.3 Å². The summed E-state index contributed by atoms with van der Waals surface area (Å²) in [5.74, 6) is -1.11. The zero-order valence-corrected chi connectivity index (χ0v) is 14.3. The first-order valence-corrected chi connectivity index (χ1v) is 8.77. The predicted octanol–water partition coefficient (Wildman–Crippen LogP) is 3.79. The molecule has 0 amide bonds. The Balaban J connectivity index is 2.14. The van der Waals surface area contributed by atoms with Gasteiger partial charge in [0.2, 0.25) is 0 Å². The summed E-state index contributed by atoms with van der Waals surface area (Å²) in [5, 5.41) is 10.2. The fourth-order valence-electron chi connectivity index (χ4n) is 2.26. The van der Waals surface area contributed by atoms with Gasteiger partial charge in [0, 0.05) is 15.5 Å². The van der Waals surface area contributed by atoms with E-state index in [-0.39, 0.29) is 11.3 Å². The summed E-state index contributed by atoms with van der Waals surface area (Å²) >= 11 is 8.32. The number of carboxylic acid groups (broad SMARTS) is 1. The Hall–Kier alpha value is -1.83. The highest BCUT2D eigenvalue weighted by atomic mass is 35.5. The number of aryl methyl sites for hydroxylation is 1. The van der Waals surface area contributed by atoms with Crippen LogP contribution in [0.5, 0.6) is 0 Å². The number of hydrogen-bond acceptors (Lipinski definition) is 5. The van der Waals surface area contributed by atoms with Crippen molar-refractivity contribution in [1.29, 1.82) is 0 Å². The number of H-pyrrole nitrogens is 1. The molecule has 0 radical (unpaired) electrons. The van der Waals surface area contributed by atoms with Gasteiger partial charge < -0.3 is 10.1 Å². The minimum Gasteiger partial charge on any atom is -0.481 e. The summed E-state index contributed by atoms with van der Waals surface area (Å²) in [6.45, 7) is 1.93. The smallest absolute Gasteiger partial charge is 0.313 e. The highest BCUT2D eigenvalue weighted by Gasteiger charge is 2.17. The normalized spacial score (nSPS) is 11.0. The molecule has 8 heteroatoms. The number of fused-ring (bicyclic) bond motifs is 1. The number of rotatable bonds is 4. The number of carbonyl (C=O) groups is 1. The van der Waals surface area contributed by atoms with E-state index in [1.165, 1.54) is 11.3 Å². The number of hydrogen-bond donors (Lipinski definition) is 2. The number of thioether (sulfide) groups is 1. The number of aromatic nitrogens is 2. The van der Waals surface area contributed by atoms with E-state index in [9.17, 15) is 9.59 Å². The van der Waals surface area contributed by atoms with Crippen molar-refractivity contribution in [3.8, 4) is 11.1 Å². The Bertz CT molecular complexity index is 948. The molecule has 0 spiro atoms. The van der Waals surface area contributed by atoms with Gasteiger partial charge in [-0.25, -0.2) is 4.98 Å². The number of nitrogens with zero attached hydrogens (tertiary/aromatic N) is 1. The molecule has 2 N–H and O–H groups in total. The second-order valence-electron chi connectivity index (χ2n) is 4.77. The Morgan fingerprint density at radius 2 is 2.09 bits per heavy atom. The van der Waals surface area contributed by atoms with Crippen molar-refractivity contribution in [1.82, 2.24) is 9.97 Å². The van der Waals surface area contributed by atoms with Crippen molar-refractivity contribution in [2.24, 2.45) is 0 Å². The first kappa shape index (κ1) is 16.0. The van der Waals surface area contributed by atoms with Crippen molar-refractivity contribution in [3.05, 3.63) is 44.5 Å². The zero-order chi connectivity index (χ0) is 16.6. The molecule has 2 heterocycles. The highest BCUT2D eigenvalue weighted by molar-refractivity contribution is 7.99. The van der Waals surface area contributed by atoms with Gasteiger partial charge in [-0.1, -0.05) is 35.5 Å². The fourth-order valence-corrected chi connectivity index (χ4v) is 4.07. The molecule has 0 bridgehead atoms. The molecule has 0 saturated heterocycles. The zero-order valence-electron chi connectivity index (χ0n) is 11.9. The predicted molar refractivity (Wildman–Crippen MR) is 93.8 cm³/mol. The van der Waals surface area contributed by atoms with E-state index in [0.717, 1.165) is 27.8 Å². The van der Waals surface area contributed by atoms with Crippen LogP contribution in [0, 0.1) is 6.92 Å². The van der Waals surface area contributed by atoms with E-state index >= 15 is 0 Å². The van der Waals surface area contributed by atoms with E-state index < -0.39 is 5.97 Å². The topological polar surface area (TPSA) is 83.0 Å². The molecule has 5 nitrogen and oxygen atoms in total. The standard InChI is InChI=1S/C15H11ClN2O3S2/c1-7-11(8-2-4-9(16)5-3-8)12-13(21)17-15(18-14(12)23-7)22-6-10(19)20/h2-5H,6H2,1H3,(H,19,20)(H,17,18,21). The summed E-state index contributed by atoms with van der Waals surface area (Å²) in [6.07, 6.45) is 0. The first-order chi connectivity index (χ1) is 11.0. The Labute approximate surface area is 144 Å². The van der Waals surface area contributed by atoms with Gasteiger partial charge in [-0.15, -0.1) is 11.3 Å². The van der Waals surface area contributed by atoms with Crippen molar-refractivity contribution >= 4 is 50.9 Å². The van der Waals surface area contributed by atoms with E-state index in [1.807, 2.05) is 19.1 Å². The molecular formula is C15H11ClN2O3S2. The summed E-state index contributed by atoms with van der Waals surface area (Å²) < 4.78 is 0. The number of thiophene rings is 1. The number of carboxylic acids is 1. The average Bonchev–Trinajstić information content (AvgIpc) is 2.82. The molecule has 0 atom stereocenters. The molecule has 0 saturated carbocycles. The van der Waals surface area contributed by atoms with E-state index in [4.69, 9.17) is 16.7 Å². The maximum atomic E-state index is 12.4. The van der Waals surface area contributed by atoms with Gasteiger partial charge in [-0.2, -0.15) is 0 Å². The Morgan fingerprint density at radius 1 is 1.39 bits per heavy atom. The van der Waals surface area contributed by atoms with Crippen LogP contribution in [0.4, 0.5) is 0 Å². The fraction of sp³-hybridized carbons (Fsp3) is 0.133. The molecule has 3 rings (SSSR count). The molecule has 23 heavy (non-hydrogen) atoms. The summed E-state index contributed by atoms with van der Waals surface area (Å²) in [7, 11) is 0. The lowest BCUT2D eigenvalue weighted by Crippen LogP contribution is -2.09. The van der Waals surface area contributed by atoms with Gasteiger partial charge in [0.1, 0.15) is 4.83 Å². The highest BCUT2D eigenvalue weighted by Crippen LogP contribution is 2.36. The molecule has 1 aromatic carbocycles. The lowest BCUT2D eigenvalue weighted by molar-refractivity contribution is -0.133. The van der Waals surface area contributed by atoms with Crippen molar-refractivity contribution in [2.45, 2.75) is 12.1 Å². The third kappa shape index (κ3) is 3.26. The van der Waals surface area contributed by atoms with Crippen LogP contribution >= 0.6 is 34.7 Å². The van der Waals surface area contributed by atoms with Crippen LogP contribution in [0.1, 0.15) is 4.88 Å². The molecule has 0 fully saturated rings. The maximum absolute atomic E-state index is 12.4. The monoisotopic (exact) mass is 366 g/mol. The van der Waals surface area contributed by atoms with Crippen LogP contribution < -0.4 is 5.56 Å². The Kier molecular flexibility index (Phi) is 4.43. The van der Waals surface area contributed by atoms with Gasteiger partial charge in [0.25, 0.3) is 5.56 Å². The summed E-state index contributed by atoms with van der Waals surface area (Å²) in [5.41, 5.74) is 1.47. The molecule has 0 aliphatic rings. The second kappa shape index (κ2) is 6.35. The quantitative estimate of drug-likeness (QED) is 0.542. The van der Waals surface area contributed by atoms with Crippen LogP contribution in [-0.4, -0.2) is 26.8 Å². The van der Waals surface area contributed by atoms with E-state index in [0.29, 0.717) is 20.4 Å². The second-order valence-corrected chi connectivity index (χ2v) is 7.38. The molecule has 118 valence electrons. The van der Waals surface area contributed by atoms with Crippen LogP contribution in [0.3, 0.4) is 0 Å². The van der Waals surface area contributed by atoms with E-state index in [2.05, 4.69) is 9.97 Å². The SMILES string of the molecule is Cc1sc2nc(SCC(=O)O)[nH]c(=O)c2c1-c1ccc(Cl)cc1. The number of halogens is 1. The maximum Gasteiger partial charge on any atom is 0.313 e. The molecular weight excluding hydrogens is 356 g/mol. The first-order valence-electron chi connectivity index (χ1n) is 6.59. The molecule has 0 aliphatic heterocycles. The molecule has 0 unspecified atom stereocenters. The largest absolute Gasteiger partial charge is 0.481 e. The lowest BCUT2D eigenvalue weighted by Gasteiger charge is -2.02. The van der Waals surface area contributed by atoms with Crippen molar-refractivity contribution in [3.63, 3.8) is 0 Å². The minimum atomic E-state index is -0.957. The summed E-state index contributed by atoms with van der Waals surface area (Å²) in [4.78, 5) is 31.7. The number of benzene rings is 1. The number of nitrogens with one attached hydrogen (secondary N) is 1. The van der Waals surface area contributed by atoms with Gasteiger partial charge >= 0.3 is 5.97 Å². The molecule has 2 aromatic heterocycles. The molecule has 0 aliphatic carbocycles. The minimum absolute atomic E-state index is 0.150. The number of aliphatic carboxylic acids is 1. The van der Waals surface area contributed by atoms with Gasteiger partial charge in [0.05, 0.1) is 11.1 Å². The number of aromatic amines is 1. The average molecular weight is 367 g/mol. The van der Waals surface area contributed by atoms with Gasteiger partial charge in [0.15, 0.2) is 5.16 Å².